The summed E-state index contributed by atoms with van der Waals surface area (Å²) in [6.45, 7) is 0. The zero-order valence-corrected chi connectivity index (χ0v) is 19.5. The van der Waals surface area contributed by atoms with E-state index in [9.17, 15) is 14.9 Å². The van der Waals surface area contributed by atoms with Gasteiger partial charge >= 0.3 is 6.09 Å². The van der Waals surface area contributed by atoms with Crippen molar-refractivity contribution < 1.29 is 19.2 Å². The molecular weight excluding hydrogens is 476 g/mol. The molecule has 0 unspecified atom stereocenters. The fourth-order valence-electron chi connectivity index (χ4n) is 3.63. The zero-order chi connectivity index (χ0) is 25.8. The molecule has 5 rings (SSSR count). The minimum absolute atomic E-state index is 0.0707. The normalized spacial score (nSPS) is 10.6. The molecule has 0 spiro atoms. The molecule has 0 fully saturated rings. The van der Waals surface area contributed by atoms with Crippen molar-refractivity contribution in [1.29, 1.82) is 0 Å². The second-order valence-electron chi connectivity index (χ2n) is 7.83. The number of fused-ring (bicyclic) bond motifs is 1. The summed E-state index contributed by atoms with van der Waals surface area (Å²) in [5.41, 5.74) is 3.34. The molecule has 2 aromatic heterocycles. The van der Waals surface area contributed by atoms with Gasteiger partial charge in [-0.2, -0.15) is 4.98 Å². The Morgan fingerprint density at radius 1 is 0.973 bits per heavy atom. The molecule has 0 aliphatic carbocycles. The largest absolute Gasteiger partial charge is 0.495 e. The topological polar surface area (TPSA) is 133 Å². The van der Waals surface area contributed by atoms with E-state index in [0.29, 0.717) is 28.8 Å². The number of pyridine rings is 1. The molecule has 2 heterocycles. The number of aromatic nitrogens is 3. The van der Waals surface area contributed by atoms with Crippen molar-refractivity contribution in [2.75, 3.05) is 17.7 Å². The smallest absolute Gasteiger partial charge is 0.417 e. The second-order valence-corrected chi connectivity index (χ2v) is 7.83. The Labute approximate surface area is 210 Å². The number of hydrogen-bond donors (Lipinski definition) is 2. The van der Waals surface area contributed by atoms with Crippen molar-refractivity contribution in [3.63, 3.8) is 0 Å². The fraction of sp³-hybridized carbons (Fsp3) is 0.0385. The number of carbonyl (C=O) groups is 1. The number of benzene rings is 3. The average Bonchev–Trinajstić information content (AvgIpc) is 3.31. The van der Waals surface area contributed by atoms with E-state index in [1.165, 1.54) is 24.3 Å². The van der Waals surface area contributed by atoms with Gasteiger partial charge in [0, 0.05) is 29.6 Å². The summed E-state index contributed by atoms with van der Waals surface area (Å²) in [5.74, 6) is 1.42. The van der Waals surface area contributed by atoms with Gasteiger partial charge in [-0.05, 0) is 54.1 Å². The van der Waals surface area contributed by atoms with Gasteiger partial charge in [-0.25, -0.2) is 9.31 Å². The summed E-state index contributed by atoms with van der Waals surface area (Å²) in [6, 6.07) is 23.7. The van der Waals surface area contributed by atoms with Crippen molar-refractivity contribution >= 4 is 34.8 Å². The summed E-state index contributed by atoms with van der Waals surface area (Å²) in [5, 5.41) is 21.0. The number of amides is 1. The van der Waals surface area contributed by atoms with E-state index in [2.05, 4.69) is 20.7 Å². The highest BCUT2D eigenvalue weighted by atomic mass is 16.6. The monoisotopic (exact) mass is 496 g/mol. The van der Waals surface area contributed by atoms with Crippen molar-refractivity contribution in [2.45, 2.75) is 0 Å². The molecule has 5 aromatic rings. The van der Waals surface area contributed by atoms with Crippen LogP contribution in [-0.2, 0) is 0 Å². The Hall–Kier alpha value is -5.45. The van der Waals surface area contributed by atoms with Crippen LogP contribution in [0.5, 0.6) is 11.5 Å². The SMILES string of the molecule is COc1ccccc1Nc1nc2ccc(-c3cccc(OC(=O)Nc4ccc([N+](=O)[O-])cc4)c3)cn2n1. The Morgan fingerprint density at radius 2 is 1.78 bits per heavy atom. The van der Waals surface area contributed by atoms with Gasteiger partial charge in [0.25, 0.3) is 5.69 Å². The molecule has 0 aliphatic rings. The highest BCUT2D eigenvalue weighted by molar-refractivity contribution is 5.86. The highest BCUT2D eigenvalue weighted by Crippen LogP contribution is 2.27. The first-order chi connectivity index (χ1) is 18.0. The number of anilines is 3. The fourth-order valence-corrected chi connectivity index (χ4v) is 3.63. The van der Waals surface area contributed by atoms with Crippen LogP contribution in [-0.4, -0.2) is 32.7 Å². The lowest BCUT2D eigenvalue weighted by Gasteiger charge is -2.08. The molecule has 184 valence electrons. The Kier molecular flexibility index (Phi) is 6.32. The first kappa shape index (κ1) is 23.3. The first-order valence-electron chi connectivity index (χ1n) is 11.1. The van der Waals surface area contributed by atoms with Gasteiger partial charge in [-0.1, -0.05) is 24.3 Å². The number of nitrogens with one attached hydrogen (secondary N) is 2. The number of methoxy groups -OCH3 is 1. The van der Waals surface area contributed by atoms with Crippen molar-refractivity contribution in [3.05, 3.63) is 101 Å². The van der Waals surface area contributed by atoms with Gasteiger partial charge < -0.3 is 14.8 Å². The summed E-state index contributed by atoms with van der Waals surface area (Å²) >= 11 is 0. The van der Waals surface area contributed by atoms with Crippen molar-refractivity contribution in [1.82, 2.24) is 14.6 Å². The van der Waals surface area contributed by atoms with E-state index in [-0.39, 0.29) is 5.69 Å². The predicted molar refractivity (Wildman–Crippen MR) is 137 cm³/mol. The number of ether oxygens (including phenoxy) is 2. The van der Waals surface area contributed by atoms with E-state index in [1.807, 2.05) is 48.7 Å². The molecule has 0 aliphatic heterocycles. The number of hydrogen-bond acceptors (Lipinski definition) is 8. The maximum absolute atomic E-state index is 12.3. The number of para-hydroxylation sites is 2. The van der Waals surface area contributed by atoms with Crippen LogP contribution >= 0.6 is 0 Å². The number of rotatable bonds is 7. The number of carbonyl (C=O) groups excluding carboxylic acids is 1. The third-order valence-corrected chi connectivity index (χ3v) is 5.39. The molecule has 3 aromatic carbocycles. The van der Waals surface area contributed by atoms with E-state index in [4.69, 9.17) is 9.47 Å². The third kappa shape index (κ3) is 5.30. The van der Waals surface area contributed by atoms with E-state index in [1.54, 1.807) is 29.8 Å². The maximum Gasteiger partial charge on any atom is 0.417 e. The zero-order valence-electron chi connectivity index (χ0n) is 19.5. The average molecular weight is 496 g/mol. The molecule has 0 atom stereocenters. The lowest BCUT2D eigenvalue weighted by molar-refractivity contribution is -0.384. The van der Waals surface area contributed by atoms with E-state index >= 15 is 0 Å². The van der Waals surface area contributed by atoms with Gasteiger partial charge in [-0.3, -0.25) is 15.4 Å². The molecule has 0 bridgehead atoms. The molecular formula is C26H20N6O5. The molecule has 1 amide bonds. The van der Waals surface area contributed by atoms with Crippen LogP contribution in [0.4, 0.5) is 27.8 Å². The van der Waals surface area contributed by atoms with Gasteiger partial charge in [0.15, 0.2) is 5.65 Å². The Morgan fingerprint density at radius 3 is 2.57 bits per heavy atom. The minimum atomic E-state index is -0.718. The molecule has 0 saturated carbocycles. The molecule has 0 saturated heterocycles. The summed E-state index contributed by atoms with van der Waals surface area (Å²) in [4.78, 5) is 27.1. The third-order valence-electron chi connectivity index (χ3n) is 5.39. The van der Waals surface area contributed by atoms with Gasteiger partial charge in [0.1, 0.15) is 11.5 Å². The lowest BCUT2D eigenvalue weighted by Crippen LogP contribution is -2.16. The highest BCUT2D eigenvalue weighted by Gasteiger charge is 2.11. The van der Waals surface area contributed by atoms with Crippen LogP contribution in [0.3, 0.4) is 0 Å². The maximum atomic E-state index is 12.3. The first-order valence-corrected chi connectivity index (χ1v) is 11.1. The van der Waals surface area contributed by atoms with Crippen LogP contribution in [0.1, 0.15) is 0 Å². The van der Waals surface area contributed by atoms with Crippen LogP contribution < -0.4 is 20.1 Å². The lowest BCUT2D eigenvalue weighted by atomic mass is 10.1. The van der Waals surface area contributed by atoms with Gasteiger partial charge in [0.05, 0.1) is 17.7 Å². The standard InChI is InChI=1S/C26H20N6O5/c1-36-23-8-3-2-7-22(23)28-25-29-24-14-9-18(16-31(24)30-25)17-5-4-6-21(15-17)37-26(33)27-19-10-12-20(13-11-19)32(34)35/h2-16H,1H3,(H,27,33)(H,28,30). The molecule has 37 heavy (non-hydrogen) atoms. The number of non-ortho nitro benzene ring substituents is 1. The molecule has 11 heteroatoms. The number of nitro benzene ring substituents is 1. The predicted octanol–water partition coefficient (Wildman–Crippen LogP) is 5.67. The van der Waals surface area contributed by atoms with Crippen LogP contribution in [0, 0.1) is 10.1 Å². The minimum Gasteiger partial charge on any atom is -0.495 e. The van der Waals surface area contributed by atoms with Crippen LogP contribution in [0.2, 0.25) is 0 Å². The summed E-state index contributed by atoms with van der Waals surface area (Å²) in [6.07, 6.45) is 1.11. The van der Waals surface area contributed by atoms with E-state index < -0.39 is 11.0 Å². The van der Waals surface area contributed by atoms with Crippen molar-refractivity contribution in [3.8, 4) is 22.6 Å². The van der Waals surface area contributed by atoms with E-state index in [0.717, 1.165) is 16.8 Å². The van der Waals surface area contributed by atoms with Gasteiger partial charge in [-0.15, -0.1) is 5.10 Å². The summed E-state index contributed by atoms with van der Waals surface area (Å²) in [7, 11) is 1.60. The summed E-state index contributed by atoms with van der Waals surface area (Å²) < 4.78 is 12.4. The van der Waals surface area contributed by atoms with Crippen LogP contribution in [0.15, 0.2) is 91.1 Å². The van der Waals surface area contributed by atoms with Crippen LogP contribution in [0.25, 0.3) is 16.8 Å². The molecule has 2 N–H and O–H groups in total. The van der Waals surface area contributed by atoms with Gasteiger partial charge in [0.2, 0.25) is 5.95 Å². The Bertz CT molecular complexity index is 1600. The molecule has 0 radical (unpaired) electrons. The molecule has 11 nitrogen and oxygen atoms in total. The quantitative estimate of drug-likeness (QED) is 0.218. The van der Waals surface area contributed by atoms with Crippen molar-refractivity contribution in [2.24, 2.45) is 0 Å². The second kappa shape index (κ2) is 10.0. The number of nitro groups is 1. The number of nitrogens with zero attached hydrogens (tertiary/aromatic N) is 4. The Balaban J connectivity index is 1.30.